The molecule has 0 fully saturated rings. The molecule has 0 amide bonds. The zero-order valence-electron chi connectivity index (χ0n) is 10.8. The van der Waals surface area contributed by atoms with Crippen molar-refractivity contribution in [3.63, 3.8) is 0 Å². The highest BCUT2D eigenvalue weighted by Gasteiger charge is 2.06. The van der Waals surface area contributed by atoms with E-state index in [4.69, 9.17) is 14.6 Å². The maximum atomic E-state index is 5.72. The third kappa shape index (κ3) is 2.53. The van der Waals surface area contributed by atoms with E-state index in [1.807, 2.05) is 37.3 Å². The van der Waals surface area contributed by atoms with Gasteiger partial charge in [-0.2, -0.15) is 0 Å². The number of nitrogens with two attached hydrogens (primary N) is 1. The molecule has 0 bridgehead atoms. The fraction of sp³-hybridized carbons (Fsp3) is 0.267. The van der Waals surface area contributed by atoms with Crippen molar-refractivity contribution in [2.45, 2.75) is 19.8 Å². The van der Waals surface area contributed by atoms with Crippen molar-refractivity contribution in [3.8, 4) is 0 Å². The summed E-state index contributed by atoms with van der Waals surface area (Å²) in [6.45, 7) is 2.46. The van der Waals surface area contributed by atoms with Crippen LogP contribution in [0.25, 0.3) is 11.1 Å². The molecule has 0 radical (unpaired) electrons. The number of benzene rings is 1. The van der Waals surface area contributed by atoms with Gasteiger partial charge in [-0.15, -0.1) is 0 Å². The number of hydrogen-bond donors (Lipinski definition) is 1. The van der Waals surface area contributed by atoms with Crippen LogP contribution in [0.5, 0.6) is 0 Å². The van der Waals surface area contributed by atoms with Crippen LogP contribution in [0.2, 0.25) is 0 Å². The van der Waals surface area contributed by atoms with Crippen molar-refractivity contribution >= 4 is 11.1 Å². The maximum Gasteiger partial charge on any atom is 0.192 e. The molecule has 0 spiro atoms. The van der Waals surface area contributed by atoms with Crippen LogP contribution in [-0.2, 0) is 12.8 Å². The summed E-state index contributed by atoms with van der Waals surface area (Å²) in [5, 5.41) is 0. The third-order valence-electron chi connectivity index (χ3n) is 3.05. The Morgan fingerprint density at radius 1 is 1.11 bits per heavy atom. The molecule has 2 heterocycles. The Kier molecular flexibility index (Phi) is 3.09. The van der Waals surface area contributed by atoms with Gasteiger partial charge < -0.3 is 14.6 Å². The summed E-state index contributed by atoms with van der Waals surface area (Å²) in [5.74, 6) is 2.58. The molecule has 4 nitrogen and oxygen atoms in total. The lowest BCUT2D eigenvalue weighted by atomic mass is 10.1. The van der Waals surface area contributed by atoms with E-state index in [1.165, 1.54) is 0 Å². The standard InChI is InChI=1S/C15H16N2O2/c1-10-17-14-9-11(2-5-15(14)18-10)8-13-4-3-12(19-13)6-7-16/h2-5,9H,6-8,16H2,1H3. The molecule has 0 aliphatic carbocycles. The lowest BCUT2D eigenvalue weighted by molar-refractivity contribution is 0.474. The van der Waals surface area contributed by atoms with Gasteiger partial charge in [0.25, 0.3) is 0 Å². The van der Waals surface area contributed by atoms with Crippen LogP contribution >= 0.6 is 0 Å². The van der Waals surface area contributed by atoms with Crippen molar-refractivity contribution in [2.75, 3.05) is 6.54 Å². The number of aromatic nitrogens is 1. The Morgan fingerprint density at radius 2 is 1.95 bits per heavy atom. The van der Waals surface area contributed by atoms with Crippen LogP contribution < -0.4 is 5.73 Å². The lowest BCUT2D eigenvalue weighted by Crippen LogP contribution is -2.01. The van der Waals surface area contributed by atoms with Crippen molar-refractivity contribution in [3.05, 3.63) is 53.3 Å². The van der Waals surface area contributed by atoms with Crippen LogP contribution in [0.3, 0.4) is 0 Å². The first-order chi connectivity index (χ1) is 9.24. The number of aryl methyl sites for hydroxylation is 1. The fourth-order valence-corrected chi connectivity index (χ4v) is 2.19. The first-order valence-corrected chi connectivity index (χ1v) is 6.38. The monoisotopic (exact) mass is 256 g/mol. The molecule has 0 unspecified atom stereocenters. The number of hydrogen-bond acceptors (Lipinski definition) is 4. The normalized spacial score (nSPS) is 11.3. The van der Waals surface area contributed by atoms with Crippen molar-refractivity contribution < 1.29 is 8.83 Å². The topological polar surface area (TPSA) is 65.2 Å². The molecule has 19 heavy (non-hydrogen) atoms. The van der Waals surface area contributed by atoms with Gasteiger partial charge >= 0.3 is 0 Å². The Labute approximate surface area is 111 Å². The van der Waals surface area contributed by atoms with E-state index in [1.54, 1.807) is 0 Å². The quantitative estimate of drug-likeness (QED) is 0.779. The van der Waals surface area contributed by atoms with Gasteiger partial charge in [-0.1, -0.05) is 6.07 Å². The van der Waals surface area contributed by atoms with Gasteiger partial charge in [-0.3, -0.25) is 0 Å². The van der Waals surface area contributed by atoms with Crippen molar-refractivity contribution in [2.24, 2.45) is 5.73 Å². The van der Waals surface area contributed by atoms with E-state index < -0.39 is 0 Å². The molecule has 4 heteroatoms. The average molecular weight is 256 g/mol. The minimum atomic E-state index is 0.608. The molecular formula is C15H16N2O2. The molecule has 0 atom stereocenters. The summed E-state index contributed by atoms with van der Waals surface area (Å²) in [6, 6.07) is 10.0. The number of nitrogens with zero attached hydrogens (tertiary/aromatic N) is 1. The van der Waals surface area contributed by atoms with Crippen LogP contribution in [0, 0.1) is 6.92 Å². The predicted molar refractivity (Wildman–Crippen MR) is 73.0 cm³/mol. The van der Waals surface area contributed by atoms with Crippen LogP contribution in [0.15, 0.2) is 39.2 Å². The second-order valence-corrected chi connectivity index (χ2v) is 4.62. The molecule has 0 saturated heterocycles. The molecule has 0 aliphatic rings. The number of rotatable bonds is 4. The highest BCUT2D eigenvalue weighted by atomic mass is 16.3. The van der Waals surface area contributed by atoms with Gasteiger partial charge in [0.1, 0.15) is 17.0 Å². The van der Waals surface area contributed by atoms with E-state index in [2.05, 4.69) is 4.98 Å². The fourth-order valence-electron chi connectivity index (χ4n) is 2.19. The lowest BCUT2D eigenvalue weighted by Gasteiger charge is -1.98. The predicted octanol–water partition coefficient (Wildman–Crippen LogP) is 2.82. The molecule has 2 aromatic heterocycles. The maximum absolute atomic E-state index is 5.72. The summed E-state index contributed by atoms with van der Waals surface area (Å²) in [4.78, 5) is 4.34. The second-order valence-electron chi connectivity index (χ2n) is 4.62. The zero-order valence-corrected chi connectivity index (χ0v) is 10.8. The van der Waals surface area contributed by atoms with Gasteiger partial charge in [-0.05, 0) is 36.4 Å². The van der Waals surface area contributed by atoms with Crippen LogP contribution in [0.1, 0.15) is 23.0 Å². The first kappa shape index (κ1) is 12.0. The number of oxazole rings is 1. The summed E-state index contributed by atoms with van der Waals surface area (Å²) >= 11 is 0. The zero-order chi connectivity index (χ0) is 13.2. The molecule has 3 rings (SSSR count). The molecule has 1 aromatic carbocycles. The molecule has 0 aliphatic heterocycles. The Bertz CT molecular complexity index is 697. The van der Waals surface area contributed by atoms with Crippen molar-refractivity contribution in [1.82, 2.24) is 4.98 Å². The minimum absolute atomic E-state index is 0.608. The highest BCUT2D eigenvalue weighted by Crippen LogP contribution is 2.19. The molecule has 2 N–H and O–H groups in total. The number of fused-ring (bicyclic) bond motifs is 1. The third-order valence-corrected chi connectivity index (χ3v) is 3.05. The highest BCUT2D eigenvalue weighted by molar-refractivity contribution is 5.73. The molecular weight excluding hydrogens is 240 g/mol. The summed E-state index contributed by atoms with van der Waals surface area (Å²) < 4.78 is 11.2. The molecule has 98 valence electrons. The van der Waals surface area contributed by atoms with Crippen LogP contribution in [-0.4, -0.2) is 11.5 Å². The van der Waals surface area contributed by atoms with E-state index >= 15 is 0 Å². The largest absolute Gasteiger partial charge is 0.466 e. The van der Waals surface area contributed by atoms with Gasteiger partial charge in [0.05, 0.1) is 0 Å². The van der Waals surface area contributed by atoms with E-state index in [0.29, 0.717) is 12.4 Å². The van der Waals surface area contributed by atoms with Crippen LogP contribution in [0.4, 0.5) is 0 Å². The minimum Gasteiger partial charge on any atom is -0.466 e. The van der Waals surface area contributed by atoms with Gasteiger partial charge in [0, 0.05) is 19.8 Å². The summed E-state index contributed by atoms with van der Waals surface area (Å²) in [6.07, 6.45) is 1.54. The van der Waals surface area contributed by atoms with Crippen molar-refractivity contribution in [1.29, 1.82) is 0 Å². The Balaban J connectivity index is 1.83. The van der Waals surface area contributed by atoms with E-state index in [-0.39, 0.29) is 0 Å². The molecule has 0 saturated carbocycles. The SMILES string of the molecule is Cc1nc2cc(Cc3ccc(CCN)o3)ccc2o1. The van der Waals surface area contributed by atoms with E-state index in [0.717, 1.165) is 41.0 Å². The number of furan rings is 1. The first-order valence-electron chi connectivity index (χ1n) is 6.38. The Hall–Kier alpha value is -2.07. The average Bonchev–Trinajstić information content (AvgIpc) is 2.95. The van der Waals surface area contributed by atoms with Gasteiger partial charge in [-0.25, -0.2) is 4.98 Å². The summed E-state index contributed by atoms with van der Waals surface area (Å²) in [7, 11) is 0. The summed E-state index contributed by atoms with van der Waals surface area (Å²) in [5.41, 5.74) is 8.39. The van der Waals surface area contributed by atoms with Gasteiger partial charge in [0.2, 0.25) is 0 Å². The van der Waals surface area contributed by atoms with Gasteiger partial charge in [0.15, 0.2) is 11.5 Å². The van der Waals surface area contributed by atoms with E-state index in [9.17, 15) is 0 Å². The smallest absolute Gasteiger partial charge is 0.192 e. The second kappa shape index (κ2) is 4.90. The molecule has 3 aromatic rings. The Morgan fingerprint density at radius 3 is 2.79 bits per heavy atom.